The summed E-state index contributed by atoms with van der Waals surface area (Å²) < 4.78 is 91.0. The molecule has 0 unspecified atom stereocenters. The molecule has 8 rings (SSSR count). The molecule has 2 aromatic carbocycles. The van der Waals surface area contributed by atoms with Gasteiger partial charge in [0.2, 0.25) is 11.6 Å². The summed E-state index contributed by atoms with van der Waals surface area (Å²) in [7, 11) is 3.07. The largest absolute Gasteiger partial charge is 0.489 e. The van der Waals surface area contributed by atoms with E-state index in [9.17, 15) is 45.5 Å². The molecule has 2 N–H and O–H groups in total. The van der Waals surface area contributed by atoms with Gasteiger partial charge in [-0.15, -0.1) is 10.2 Å². The maximum Gasteiger partial charge on any atom is 0.433 e. The molecule has 6 aromatic rings. The number of carbonyl (C=O) groups is 4. The molecule has 58 heavy (non-hydrogen) atoms. The van der Waals surface area contributed by atoms with Crippen molar-refractivity contribution in [1.82, 2.24) is 39.8 Å². The molecule has 22 heteroatoms. The Kier molecular flexibility index (Phi) is 10.1. The van der Waals surface area contributed by atoms with E-state index in [2.05, 4.69) is 30.8 Å². The third-order valence-electron chi connectivity index (χ3n) is 8.84. The van der Waals surface area contributed by atoms with Gasteiger partial charge < -0.3 is 29.9 Å². The lowest BCUT2D eigenvalue weighted by atomic mass is 10.2. The molecule has 0 radical (unpaired) electrons. The smallest absolute Gasteiger partial charge is 0.433 e. The van der Waals surface area contributed by atoms with Crippen molar-refractivity contribution in [1.29, 1.82) is 0 Å². The molecule has 0 fully saturated rings. The number of benzene rings is 2. The number of anilines is 2. The zero-order valence-corrected chi connectivity index (χ0v) is 29.9. The molecular weight excluding hydrogens is 782 g/mol. The van der Waals surface area contributed by atoms with E-state index in [4.69, 9.17) is 9.47 Å². The Labute approximate surface area is 322 Å². The van der Waals surface area contributed by atoms with E-state index in [0.29, 0.717) is 31.9 Å². The number of halogens is 6. The number of ether oxygens (including phenoxy) is 2. The Morgan fingerprint density at radius 1 is 0.603 bits per heavy atom. The lowest BCUT2D eigenvalue weighted by Crippen LogP contribution is -2.49. The van der Waals surface area contributed by atoms with Crippen LogP contribution in [0, 0.1) is 0 Å². The number of fused-ring (bicyclic) bond motifs is 4. The average Bonchev–Trinajstić information content (AvgIpc) is 3.80. The molecule has 0 bridgehead atoms. The molecule has 2 aliphatic heterocycles. The van der Waals surface area contributed by atoms with Crippen LogP contribution in [0.15, 0.2) is 84.9 Å². The monoisotopic (exact) mass is 810 g/mol. The van der Waals surface area contributed by atoms with Gasteiger partial charge in [-0.2, -0.15) is 26.3 Å². The van der Waals surface area contributed by atoms with Crippen molar-refractivity contribution in [3.63, 3.8) is 0 Å². The third-order valence-corrected chi connectivity index (χ3v) is 8.84. The number of nitrogens with one attached hydrogen (secondary N) is 2. The predicted molar refractivity (Wildman–Crippen MR) is 189 cm³/mol. The van der Waals surface area contributed by atoms with E-state index in [-0.39, 0.29) is 24.5 Å². The summed E-state index contributed by atoms with van der Waals surface area (Å²) >= 11 is 0. The van der Waals surface area contributed by atoms with Gasteiger partial charge in [-0.3, -0.25) is 19.2 Å². The molecular formula is C36H28F6N10O6. The number of pyridine rings is 2. The van der Waals surface area contributed by atoms with Gasteiger partial charge in [0.05, 0.1) is 11.4 Å². The second kappa shape index (κ2) is 15.0. The van der Waals surface area contributed by atoms with E-state index in [0.717, 1.165) is 12.1 Å². The molecule has 4 amide bonds. The topological polar surface area (TPSA) is 178 Å². The van der Waals surface area contributed by atoms with Gasteiger partial charge in [-0.05, 0) is 48.5 Å². The SMILES string of the molecule is CN1C(=O)[C@@H](NC(=O)c2nc3cccc(C(F)(F)F)n3n2)COc2ccccc21.CN1C(=O)[C@@H](NC(=O)c2nc3cccc(C(F)(F)F)n3n2)COc2ccccc21. The van der Waals surface area contributed by atoms with Crippen LogP contribution in [0.2, 0.25) is 0 Å². The summed E-state index contributed by atoms with van der Waals surface area (Å²) in [6.07, 6.45) is -9.33. The minimum Gasteiger partial charge on any atom is -0.489 e. The number of carbonyl (C=O) groups excluding carboxylic acids is 4. The molecule has 0 aliphatic carbocycles. The number of likely N-dealkylation sites (N-methyl/N-ethyl adjacent to an activating group) is 2. The summed E-state index contributed by atoms with van der Waals surface area (Å²) in [5, 5.41) is 12.2. The van der Waals surface area contributed by atoms with Crippen molar-refractivity contribution < 1.29 is 55.0 Å². The van der Waals surface area contributed by atoms with Gasteiger partial charge in [0, 0.05) is 14.1 Å². The van der Waals surface area contributed by atoms with Crippen LogP contribution in [0.5, 0.6) is 11.5 Å². The number of hydrogen-bond acceptors (Lipinski definition) is 10. The highest BCUT2D eigenvalue weighted by molar-refractivity contribution is 6.03. The molecule has 6 heterocycles. The summed E-state index contributed by atoms with van der Waals surface area (Å²) in [5.74, 6) is -2.68. The first-order chi connectivity index (χ1) is 27.5. The Morgan fingerprint density at radius 2 is 0.983 bits per heavy atom. The first-order valence-electron chi connectivity index (χ1n) is 17.0. The second-order valence-corrected chi connectivity index (χ2v) is 12.6. The summed E-state index contributed by atoms with van der Waals surface area (Å²) in [5.41, 5.74) is -1.34. The Bertz CT molecular complexity index is 2400. The molecule has 0 spiro atoms. The van der Waals surface area contributed by atoms with Crippen molar-refractivity contribution in [2.45, 2.75) is 24.4 Å². The molecule has 300 valence electrons. The normalized spacial score (nSPS) is 16.9. The molecule has 16 nitrogen and oxygen atoms in total. The van der Waals surface area contributed by atoms with Crippen LogP contribution in [0.4, 0.5) is 37.7 Å². The van der Waals surface area contributed by atoms with Crippen LogP contribution < -0.4 is 29.9 Å². The predicted octanol–water partition coefficient (Wildman–Crippen LogP) is 3.80. The van der Waals surface area contributed by atoms with Crippen molar-refractivity contribution >= 4 is 46.3 Å². The third kappa shape index (κ3) is 7.62. The summed E-state index contributed by atoms with van der Waals surface area (Å²) in [6.45, 7) is -0.291. The number of nitrogens with zero attached hydrogens (tertiary/aromatic N) is 8. The zero-order valence-electron chi connectivity index (χ0n) is 29.9. The van der Waals surface area contributed by atoms with Crippen LogP contribution in [-0.2, 0) is 21.9 Å². The second-order valence-electron chi connectivity index (χ2n) is 12.6. The van der Waals surface area contributed by atoms with Gasteiger partial charge in [0.1, 0.15) is 48.2 Å². The Balaban J connectivity index is 0.000000177. The number of amides is 4. The number of aromatic nitrogens is 6. The molecule has 4 aromatic heterocycles. The van der Waals surface area contributed by atoms with Crippen LogP contribution in [-0.4, -0.2) is 92.2 Å². The maximum absolute atomic E-state index is 13.1. The Morgan fingerprint density at radius 3 is 1.36 bits per heavy atom. The number of alkyl halides is 6. The van der Waals surface area contributed by atoms with E-state index >= 15 is 0 Å². The number of rotatable bonds is 4. The van der Waals surface area contributed by atoms with Crippen LogP contribution in [0.25, 0.3) is 11.3 Å². The van der Waals surface area contributed by atoms with Gasteiger partial charge in [0.25, 0.3) is 23.6 Å². The minimum atomic E-state index is -4.67. The minimum absolute atomic E-state index is 0.141. The van der Waals surface area contributed by atoms with E-state index in [1.807, 2.05) is 0 Å². The van der Waals surface area contributed by atoms with Crippen molar-refractivity contribution in [2.24, 2.45) is 0 Å². The average molecular weight is 811 g/mol. The fourth-order valence-electron chi connectivity index (χ4n) is 5.99. The fourth-order valence-corrected chi connectivity index (χ4v) is 5.99. The first-order valence-corrected chi connectivity index (χ1v) is 17.0. The maximum atomic E-state index is 13.1. The van der Waals surface area contributed by atoms with Gasteiger partial charge in [-0.25, -0.2) is 19.0 Å². The van der Waals surface area contributed by atoms with Crippen LogP contribution >= 0.6 is 0 Å². The van der Waals surface area contributed by atoms with Gasteiger partial charge >= 0.3 is 12.4 Å². The lowest BCUT2D eigenvalue weighted by molar-refractivity contribution is -0.143. The van der Waals surface area contributed by atoms with E-state index in [1.54, 1.807) is 48.5 Å². The van der Waals surface area contributed by atoms with E-state index in [1.165, 1.54) is 48.2 Å². The number of hydrogen-bond donors (Lipinski definition) is 2. The first kappa shape index (κ1) is 39.0. The number of para-hydroxylation sites is 4. The van der Waals surface area contributed by atoms with E-state index < -0.39 is 71.1 Å². The van der Waals surface area contributed by atoms with Crippen LogP contribution in [0.1, 0.15) is 32.6 Å². The summed E-state index contributed by atoms with van der Waals surface area (Å²) in [6, 6.07) is 18.2. The standard InChI is InChI=1S/2C18H14F3N5O3/c2*1-25-11-5-2-3-6-12(11)29-9-10(17(25)28)22-16(27)15-23-14-8-4-7-13(18(19,20)21)26(14)24-15/h2*2-8,10H,9H2,1H3,(H,22,27)/t2*10-/m00/s1. The molecule has 0 saturated carbocycles. The van der Waals surface area contributed by atoms with Gasteiger partial charge in [-0.1, -0.05) is 36.4 Å². The van der Waals surface area contributed by atoms with Crippen molar-refractivity contribution in [3.8, 4) is 11.5 Å². The molecule has 0 saturated heterocycles. The summed E-state index contributed by atoms with van der Waals surface area (Å²) in [4.78, 5) is 60.7. The fraction of sp³-hybridized carbons (Fsp3) is 0.222. The van der Waals surface area contributed by atoms with Crippen molar-refractivity contribution in [3.05, 3.63) is 108 Å². The molecule has 2 aliphatic rings. The molecule has 2 atom stereocenters. The highest BCUT2D eigenvalue weighted by Gasteiger charge is 2.37. The van der Waals surface area contributed by atoms with Gasteiger partial charge in [0.15, 0.2) is 11.3 Å². The lowest BCUT2D eigenvalue weighted by Gasteiger charge is -2.19. The zero-order chi connectivity index (χ0) is 41.5. The highest BCUT2D eigenvalue weighted by atomic mass is 19.4. The Hall–Kier alpha value is -7.26. The van der Waals surface area contributed by atoms with Crippen LogP contribution in [0.3, 0.4) is 0 Å². The highest BCUT2D eigenvalue weighted by Crippen LogP contribution is 2.32. The van der Waals surface area contributed by atoms with Crippen molar-refractivity contribution in [2.75, 3.05) is 37.1 Å². The quantitative estimate of drug-likeness (QED) is 0.249.